The number of para-hydroxylation sites is 1. The zero-order chi connectivity index (χ0) is 19.8. The SMILES string of the molecule is COc1ccccc1-c1nc(NC(=O)c2sc3cc(Cl)cc(Cl)c3c2Cl)n[nH]1. The summed E-state index contributed by atoms with van der Waals surface area (Å²) in [5, 5.41) is 11.2. The summed E-state index contributed by atoms with van der Waals surface area (Å²) in [5.41, 5.74) is 0.722. The Morgan fingerprint density at radius 1 is 1.21 bits per heavy atom. The van der Waals surface area contributed by atoms with Crippen LogP contribution in [0.1, 0.15) is 9.67 Å². The van der Waals surface area contributed by atoms with E-state index in [1.165, 1.54) is 11.3 Å². The van der Waals surface area contributed by atoms with E-state index >= 15 is 0 Å². The number of nitrogens with zero attached hydrogens (tertiary/aromatic N) is 2. The number of halogens is 3. The van der Waals surface area contributed by atoms with Crippen molar-refractivity contribution in [1.29, 1.82) is 0 Å². The van der Waals surface area contributed by atoms with Crippen LogP contribution < -0.4 is 10.1 Å². The summed E-state index contributed by atoms with van der Waals surface area (Å²) in [6, 6.07) is 10.6. The van der Waals surface area contributed by atoms with Crippen molar-refractivity contribution in [3.05, 3.63) is 56.3 Å². The summed E-state index contributed by atoms with van der Waals surface area (Å²) in [6.45, 7) is 0. The fraction of sp³-hybridized carbons (Fsp3) is 0.0556. The minimum atomic E-state index is -0.441. The third-order valence-corrected chi connectivity index (χ3v) is 6.07. The number of ether oxygens (including phenoxy) is 1. The van der Waals surface area contributed by atoms with E-state index in [1.807, 2.05) is 24.3 Å². The van der Waals surface area contributed by atoms with E-state index in [0.717, 1.165) is 10.3 Å². The molecule has 0 unspecified atom stereocenters. The number of nitrogens with one attached hydrogen (secondary N) is 2. The average Bonchev–Trinajstić information content (AvgIpc) is 3.26. The van der Waals surface area contributed by atoms with Gasteiger partial charge >= 0.3 is 0 Å². The largest absolute Gasteiger partial charge is 0.496 e. The number of aromatic nitrogens is 3. The van der Waals surface area contributed by atoms with E-state index in [4.69, 9.17) is 39.5 Å². The van der Waals surface area contributed by atoms with Gasteiger partial charge in [0.15, 0.2) is 5.82 Å². The predicted molar refractivity (Wildman–Crippen MR) is 113 cm³/mol. The maximum atomic E-state index is 12.7. The molecule has 0 aliphatic rings. The molecular weight excluding hydrogens is 443 g/mol. The van der Waals surface area contributed by atoms with Gasteiger partial charge in [-0.2, -0.15) is 4.98 Å². The molecule has 0 aliphatic heterocycles. The van der Waals surface area contributed by atoms with Crippen LogP contribution in [0.3, 0.4) is 0 Å². The molecule has 0 spiro atoms. The van der Waals surface area contributed by atoms with Crippen LogP contribution in [0.5, 0.6) is 5.75 Å². The number of thiophene rings is 1. The monoisotopic (exact) mass is 452 g/mol. The number of benzene rings is 2. The lowest BCUT2D eigenvalue weighted by Gasteiger charge is -2.04. The van der Waals surface area contributed by atoms with Crippen molar-refractivity contribution in [3.8, 4) is 17.1 Å². The summed E-state index contributed by atoms with van der Waals surface area (Å²) in [4.78, 5) is 17.3. The highest BCUT2D eigenvalue weighted by Crippen LogP contribution is 2.41. The molecule has 0 bridgehead atoms. The molecule has 0 fully saturated rings. The smallest absolute Gasteiger partial charge is 0.269 e. The van der Waals surface area contributed by atoms with Gasteiger partial charge in [-0.05, 0) is 24.3 Å². The van der Waals surface area contributed by atoms with Crippen molar-refractivity contribution < 1.29 is 9.53 Å². The second kappa shape index (κ2) is 7.60. The summed E-state index contributed by atoms with van der Waals surface area (Å²) in [7, 11) is 1.57. The highest BCUT2D eigenvalue weighted by Gasteiger charge is 2.21. The maximum Gasteiger partial charge on any atom is 0.269 e. The molecule has 10 heteroatoms. The first-order valence-electron chi connectivity index (χ1n) is 7.92. The van der Waals surface area contributed by atoms with E-state index in [9.17, 15) is 4.79 Å². The van der Waals surface area contributed by atoms with Gasteiger partial charge in [0.1, 0.15) is 10.6 Å². The maximum absolute atomic E-state index is 12.7. The third-order valence-electron chi connectivity index (χ3n) is 3.93. The summed E-state index contributed by atoms with van der Waals surface area (Å²) >= 11 is 19.8. The lowest BCUT2D eigenvalue weighted by molar-refractivity contribution is 0.103. The normalized spacial score (nSPS) is 11.0. The molecule has 6 nitrogen and oxygen atoms in total. The number of amides is 1. The van der Waals surface area contributed by atoms with Gasteiger partial charge in [0.25, 0.3) is 5.91 Å². The minimum absolute atomic E-state index is 0.114. The number of carbonyl (C=O) groups excluding carboxylic acids is 1. The van der Waals surface area contributed by atoms with Gasteiger partial charge in [-0.15, -0.1) is 16.4 Å². The first kappa shape index (κ1) is 19.0. The molecule has 0 radical (unpaired) electrons. The highest BCUT2D eigenvalue weighted by atomic mass is 35.5. The minimum Gasteiger partial charge on any atom is -0.496 e. The Balaban J connectivity index is 1.63. The molecule has 1 amide bonds. The van der Waals surface area contributed by atoms with Crippen LogP contribution in [0.15, 0.2) is 36.4 Å². The second-order valence-electron chi connectivity index (χ2n) is 5.67. The van der Waals surface area contributed by atoms with E-state index in [-0.39, 0.29) is 11.0 Å². The van der Waals surface area contributed by atoms with Crippen LogP contribution in [0.25, 0.3) is 21.5 Å². The zero-order valence-electron chi connectivity index (χ0n) is 14.2. The van der Waals surface area contributed by atoms with Gasteiger partial charge in [0, 0.05) is 15.1 Å². The van der Waals surface area contributed by atoms with Crippen LogP contribution in [0, 0.1) is 0 Å². The number of rotatable bonds is 4. The second-order valence-corrected chi connectivity index (χ2v) is 7.94. The Morgan fingerprint density at radius 3 is 2.79 bits per heavy atom. The van der Waals surface area contributed by atoms with Crippen molar-refractivity contribution in [2.24, 2.45) is 0 Å². The summed E-state index contributed by atoms with van der Waals surface area (Å²) < 4.78 is 6.04. The van der Waals surface area contributed by atoms with Crippen molar-refractivity contribution in [2.45, 2.75) is 0 Å². The van der Waals surface area contributed by atoms with Crippen molar-refractivity contribution >= 4 is 68.1 Å². The number of H-pyrrole nitrogens is 1. The molecule has 2 aromatic carbocycles. The first-order chi connectivity index (χ1) is 13.5. The van der Waals surface area contributed by atoms with E-state index in [0.29, 0.717) is 31.9 Å². The lowest BCUT2D eigenvalue weighted by Crippen LogP contribution is -2.11. The molecular formula is C18H11Cl3N4O2S. The molecule has 4 rings (SSSR count). The number of anilines is 1. The zero-order valence-corrected chi connectivity index (χ0v) is 17.3. The number of carbonyl (C=O) groups is 1. The molecule has 2 aromatic heterocycles. The van der Waals surface area contributed by atoms with Gasteiger partial charge in [-0.3, -0.25) is 15.2 Å². The standard InChI is InChI=1S/C18H11Cl3N4O2S/c1-27-11-5-3-2-4-9(11)16-22-18(25-24-16)23-17(26)15-14(21)13-10(20)6-8(19)7-12(13)28-15/h2-7H,1H3,(H2,22,23,24,25,26). The van der Waals surface area contributed by atoms with Crippen LogP contribution in [-0.2, 0) is 0 Å². The van der Waals surface area contributed by atoms with E-state index < -0.39 is 5.91 Å². The summed E-state index contributed by atoms with van der Waals surface area (Å²) in [6.07, 6.45) is 0. The number of hydrogen-bond donors (Lipinski definition) is 2. The molecule has 4 aromatic rings. The Hall–Kier alpha value is -2.32. The topological polar surface area (TPSA) is 79.9 Å². The van der Waals surface area contributed by atoms with Gasteiger partial charge in [-0.1, -0.05) is 46.9 Å². The van der Waals surface area contributed by atoms with Gasteiger partial charge in [0.05, 0.1) is 22.7 Å². The Kier molecular flexibility index (Phi) is 5.16. The molecule has 2 N–H and O–H groups in total. The average molecular weight is 454 g/mol. The molecule has 142 valence electrons. The Morgan fingerprint density at radius 2 is 2.00 bits per heavy atom. The fourth-order valence-electron chi connectivity index (χ4n) is 2.69. The Labute approximate surface area is 178 Å². The van der Waals surface area contributed by atoms with Gasteiger partial charge in [0.2, 0.25) is 5.95 Å². The molecule has 0 saturated carbocycles. The van der Waals surface area contributed by atoms with E-state index in [1.54, 1.807) is 19.2 Å². The number of hydrogen-bond acceptors (Lipinski definition) is 5. The molecule has 28 heavy (non-hydrogen) atoms. The van der Waals surface area contributed by atoms with Crippen molar-refractivity contribution in [3.63, 3.8) is 0 Å². The number of fused-ring (bicyclic) bond motifs is 1. The third kappa shape index (κ3) is 3.42. The molecule has 0 aliphatic carbocycles. The molecule has 0 saturated heterocycles. The summed E-state index contributed by atoms with van der Waals surface area (Å²) in [5.74, 6) is 0.771. The number of methoxy groups -OCH3 is 1. The van der Waals surface area contributed by atoms with Crippen LogP contribution in [0.4, 0.5) is 5.95 Å². The van der Waals surface area contributed by atoms with Crippen LogP contribution >= 0.6 is 46.1 Å². The van der Waals surface area contributed by atoms with Crippen molar-refractivity contribution in [1.82, 2.24) is 15.2 Å². The Bertz CT molecular complexity index is 1200. The van der Waals surface area contributed by atoms with Crippen molar-refractivity contribution in [2.75, 3.05) is 12.4 Å². The number of aromatic amines is 1. The first-order valence-corrected chi connectivity index (χ1v) is 9.87. The highest BCUT2D eigenvalue weighted by molar-refractivity contribution is 7.21. The van der Waals surface area contributed by atoms with Gasteiger partial charge in [-0.25, -0.2) is 0 Å². The quantitative estimate of drug-likeness (QED) is 0.403. The van der Waals surface area contributed by atoms with Gasteiger partial charge < -0.3 is 4.74 Å². The van der Waals surface area contributed by atoms with E-state index in [2.05, 4.69) is 20.5 Å². The fourth-order valence-corrected chi connectivity index (χ4v) is 4.97. The molecule has 0 atom stereocenters. The predicted octanol–water partition coefficient (Wildman–Crippen LogP) is 5.91. The lowest BCUT2D eigenvalue weighted by atomic mass is 10.2. The van der Waals surface area contributed by atoms with Crippen LogP contribution in [0.2, 0.25) is 15.1 Å². The van der Waals surface area contributed by atoms with Crippen LogP contribution in [-0.4, -0.2) is 28.2 Å². The molecule has 2 heterocycles.